The molecule has 0 aromatic carbocycles. The number of fused-ring (bicyclic) bond motifs is 1. The average Bonchev–Trinajstić information content (AvgIpc) is 2.75. The van der Waals surface area contributed by atoms with E-state index in [-0.39, 0.29) is 0 Å². The Bertz CT molecular complexity index is 460. The molecule has 102 valence electrons. The van der Waals surface area contributed by atoms with Crippen LogP contribution in [-0.4, -0.2) is 6.17 Å². The molecule has 0 aromatic heterocycles. The van der Waals surface area contributed by atoms with Gasteiger partial charge in [-0.25, -0.2) is 4.39 Å². The average molecular weight is 258 g/mol. The van der Waals surface area contributed by atoms with Crippen molar-refractivity contribution in [1.29, 1.82) is 0 Å². The monoisotopic (exact) mass is 258 g/mol. The van der Waals surface area contributed by atoms with Crippen LogP contribution >= 0.6 is 0 Å². The summed E-state index contributed by atoms with van der Waals surface area (Å²) in [4.78, 5) is 0. The van der Waals surface area contributed by atoms with Crippen LogP contribution < -0.4 is 0 Å². The maximum atomic E-state index is 14.0. The van der Waals surface area contributed by atoms with Crippen LogP contribution in [0.1, 0.15) is 39.5 Å². The lowest BCUT2D eigenvalue weighted by Gasteiger charge is -2.19. The zero-order valence-corrected chi connectivity index (χ0v) is 11.9. The van der Waals surface area contributed by atoms with E-state index in [1.807, 2.05) is 19.1 Å². The van der Waals surface area contributed by atoms with Crippen molar-refractivity contribution >= 4 is 0 Å². The van der Waals surface area contributed by atoms with Crippen LogP contribution in [0.3, 0.4) is 0 Å². The molecule has 0 aromatic rings. The van der Waals surface area contributed by atoms with Crippen LogP contribution in [0.5, 0.6) is 0 Å². The molecule has 0 aliphatic heterocycles. The minimum atomic E-state index is -0.736. The lowest BCUT2D eigenvalue weighted by Crippen LogP contribution is -2.11. The Morgan fingerprint density at radius 2 is 2.26 bits per heavy atom. The normalized spacial score (nSPS) is 23.7. The minimum Gasteiger partial charge on any atom is -0.247 e. The van der Waals surface area contributed by atoms with Gasteiger partial charge in [0, 0.05) is 0 Å². The Kier molecular flexibility index (Phi) is 4.95. The number of rotatable bonds is 5. The standard InChI is InChI=1S/C18H23F/c1-3-5-10-17(19)13-16-9-7-6-8-15-11-14(4-2)12-18(15)16/h3,5-8,11-12,16-17H,4,9-10,13H2,1-2H3. The Balaban J connectivity index is 2.09. The highest BCUT2D eigenvalue weighted by Gasteiger charge is 2.24. The molecule has 0 nitrogen and oxygen atoms in total. The molecule has 19 heavy (non-hydrogen) atoms. The van der Waals surface area contributed by atoms with E-state index in [1.165, 1.54) is 16.7 Å². The first-order valence-corrected chi connectivity index (χ1v) is 7.29. The summed E-state index contributed by atoms with van der Waals surface area (Å²) >= 11 is 0. The van der Waals surface area contributed by atoms with Gasteiger partial charge in [0.2, 0.25) is 0 Å². The molecule has 0 N–H and O–H groups in total. The van der Waals surface area contributed by atoms with Crippen molar-refractivity contribution in [3.8, 4) is 0 Å². The minimum absolute atomic E-state index is 0.325. The lowest BCUT2D eigenvalue weighted by molar-refractivity contribution is 0.285. The van der Waals surface area contributed by atoms with Crippen LogP contribution in [0, 0.1) is 5.92 Å². The van der Waals surface area contributed by atoms with Gasteiger partial charge in [-0.2, -0.15) is 0 Å². The summed E-state index contributed by atoms with van der Waals surface area (Å²) in [5.74, 6) is 0.325. The molecule has 0 radical (unpaired) electrons. The van der Waals surface area contributed by atoms with E-state index in [0.29, 0.717) is 18.8 Å². The van der Waals surface area contributed by atoms with Gasteiger partial charge in [-0.1, -0.05) is 49.5 Å². The Morgan fingerprint density at radius 1 is 1.42 bits per heavy atom. The molecule has 0 saturated carbocycles. The molecule has 2 aliphatic carbocycles. The zero-order valence-electron chi connectivity index (χ0n) is 11.9. The third-order valence-corrected chi connectivity index (χ3v) is 3.86. The highest BCUT2D eigenvalue weighted by molar-refractivity contribution is 5.55. The van der Waals surface area contributed by atoms with Crippen molar-refractivity contribution in [2.75, 3.05) is 0 Å². The van der Waals surface area contributed by atoms with Gasteiger partial charge in [0.1, 0.15) is 6.17 Å². The first-order valence-electron chi connectivity index (χ1n) is 7.29. The zero-order chi connectivity index (χ0) is 13.7. The summed E-state index contributed by atoms with van der Waals surface area (Å²) in [6.45, 7) is 4.11. The molecule has 2 unspecified atom stereocenters. The van der Waals surface area contributed by atoms with Crippen LogP contribution in [0.15, 0.2) is 59.3 Å². The summed E-state index contributed by atoms with van der Waals surface area (Å²) in [6, 6.07) is 0. The van der Waals surface area contributed by atoms with Crippen LogP contribution in [0.25, 0.3) is 0 Å². The Labute approximate surface area is 116 Å². The smallest absolute Gasteiger partial charge is 0.104 e. The van der Waals surface area contributed by atoms with E-state index >= 15 is 0 Å². The first kappa shape index (κ1) is 14.0. The molecule has 1 heteroatoms. The number of halogens is 1. The van der Waals surface area contributed by atoms with E-state index in [1.54, 1.807) is 0 Å². The van der Waals surface area contributed by atoms with Crippen LogP contribution in [0.4, 0.5) is 4.39 Å². The van der Waals surface area contributed by atoms with Crippen LogP contribution in [0.2, 0.25) is 0 Å². The van der Waals surface area contributed by atoms with Crippen molar-refractivity contribution in [1.82, 2.24) is 0 Å². The molecule has 0 bridgehead atoms. The summed E-state index contributed by atoms with van der Waals surface area (Å²) in [7, 11) is 0. The molecule has 0 amide bonds. The largest absolute Gasteiger partial charge is 0.247 e. The second-order valence-corrected chi connectivity index (χ2v) is 5.29. The van der Waals surface area contributed by atoms with Gasteiger partial charge < -0.3 is 0 Å². The Morgan fingerprint density at radius 3 is 3.00 bits per heavy atom. The summed E-state index contributed by atoms with van der Waals surface area (Å²) in [6.07, 6.45) is 17.2. The number of hydrogen-bond donors (Lipinski definition) is 0. The summed E-state index contributed by atoms with van der Waals surface area (Å²) < 4.78 is 14.0. The van der Waals surface area contributed by atoms with E-state index in [2.05, 4.69) is 37.3 Å². The van der Waals surface area contributed by atoms with Crippen molar-refractivity contribution in [3.63, 3.8) is 0 Å². The third kappa shape index (κ3) is 3.56. The van der Waals surface area contributed by atoms with Gasteiger partial charge >= 0.3 is 0 Å². The molecule has 2 rings (SSSR count). The van der Waals surface area contributed by atoms with Gasteiger partial charge in [-0.3, -0.25) is 0 Å². The van der Waals surface area contributed by atoms with Crippen molar-refractivity contribution < 1.29 is 4.39 Å². The Hall–Kier alpha value is -1.37. The molecule has 0 fully saturated rings. The predicted octanol–water partition coefficient (Wildman–Crippen LogP) is 5.46. The molecule has 0 heterocycles. The SMILES string of the molecule is CC=CCC(F)CC1CC=CC=C2C=C(CC)C=C21. The van der Waals surface area contributed by atoms with Crippen molar-refractivity contribution in [2.24, 2.45) is 5.92 Å². The second-order valence-electron chi connectivity index (χ2n) is 5.29. The van der Waals surface area contributed by atoms with E-state index in [0.717, 1.165) is 12.8 Å². The number of alkyl halides is 1. The predicted molar refractivity (Wildman–Crippen MR) is 80.7 cm³/mol. The van der Waals surface area contributed by atoms with Gasteiger partial charge in [0.15, 0.2) is 0 Å². The van der Waals surface area contributed by atoms with Crippen molar-refractivity contribution in [2.45, 2.75) is 45.7 Å². The number of allylic oxidation sites excluding steroid dienone is 10. The lowest BCUT2D eigenvalue weighted by atomic mass is 9.87. The molecule has 0 saturated heterocycles. The fourth-order valence-corrected chi connectivity index (χ4v) is 2.76. The maximum Gasteiger partial charge on any atom is 0.104 e. The van der Waals surface area contributed by atoms with Gasteiger partial charge in [0.05, 0.1) is 0 Å². The van der Waals surface area contributed by atoms with E-state index < -0.39 is 6.17 Å². The number of hydrogen-bond acceptors (Lipinski definition) is 0. The van der Waals surface area contributed by atoms with Gasteiger partial charge in [0.25, 0.3) is 0 Å². The summed E-state index contributed by atoms with van der Waals surface area (Å²) in [5.41, 5.74) is 3.99. The fourth-order valence-electron chi connectivity index (χ4n) is 2.76. The van der Waals surface area contributed by atoms with Crippen LogP contribution in [-0.2, 0) is 0 Å². The maximum absolute atomic E-state index is 14.0. The third-order valence-electron chi connectivity index (χ3n) is 3.86. The summed E-state index contributed by atoms with van der Waals surface area (Å²) in [5, 5.41) is 0. The molecular weight excluding hydrogens is 235 g/mol. The second kappa shape index (κ2) is 6.70. The topological polar surface area (TPSA) is 0 Å². The van der Waals surface area contributed by atoms with Gasteiger partial charge in [-0.05, 0) is 55.2 Å². The van der Waals surface area contributed by atoms with E-state index in [4.69, 9.17) is 0 Å². The quantitative estimate of drug-likeness (QED) is 0.574. The molecule has 0 spiro atoms. The van der Waals surface area contributed by atoms with Gasteiger partial charge in [-0.15, -0.1) is 0 Å². The highest BCUT2D eigenvalue weighted by Crippen LogP contribution is 2.37. The first-order chi connectivity index (χ1) is 9.24. The molecule has 2 atom stereocenters. The van der Waals surface area contributed by atoms with Crippen molar-refractivity contribution in [3.05, 3.63) is 59.3 Å². The highest BCUT2D eigenvalue weighted by atomic mass is 19.1. The molecular formula is C18H23F. The fraction of sp³-hybridized carbons (Fsp3) is 0.444. The van der Waals surface area contributed by atoms with E-state index in [9.17, 15) is 4.39 Å². The molecule has 2 aliphatic rings.